The summed E-state index contributed by atoms with van der Waals surface area (Å²) in [6.07, 6.45) is 0.502. The number of hydrogen-bond acceptors (Lipinski definition) is 9. The van der Waals surface area contributed by atoms with Gasteiger partial charge >= 0.3 is 17.9 Å². The molecule has 3 heterocycles. The Morgan fingerprint density at radius 2 is 1.76 bits per heavy atom. The first kappa shape index (κ1) is 31.2. The van der Waals surface area contributed by atoms with Crippen molar-refractivity contribution >= 4 is 35.2 Å². The molecule has 0 fully saturated rings. The zero-order valence-corrected chi connectivity index (χ0v) is 22.9. The third kappa shape index (κ3) is 9.98. The molecule has 1 aliphatic heterocycles. The number of carboxylic acids is 3. The number of fused-ring (bicyclic) bond motifs is 1. The molecule has 12 nitrogen and oxygen atoms in total. The highest BCUT2D eigenvalue weighted by molar-refractivity contribution is 7.12. The van der Waals surface area contributed by atoms with Gasteiger partial charge < -0.3 is 30.5 Å². The number of carboxylic acid groups (broad SMARTS) is 3. The van der Waals surface area contributed by atoms with Gasteiger partial charge in [0.25, 0.3) is 5.91 Å². The highest BCUT2D eigenvalue weighted by Crippen LogP contribution is 2.26. The number of pyridine rings is 1. The third-order valence-electron chi connectivity index (χ3n) is 6.02. The Bertz CT molecular complexity index is 1320. The second kappa shape index (κ2) is 14.9. The lowest BCUT2D eigenvalue weighted by molar-refractivity contribution is -0.170. The fourth-order valence-electron chi connectivity index (χ4n) is 4.07. The van der Waals surface area contributed by atoms with Crippen LogP contribution in [0, 0.1) is 0 Å². The molecule has 1 aromatic carbocycles. The van der Waals surface area contributed by atoms with Crippen molar-refractivity contribution in [2.24, 2.45) is 0 Å². The maximum atomic E-state index is 12.2. The molecular weight excluding hydrogens is 554 g/mol. The molecule has 1 aliphatic rings. The number of carbonyl (C=O) groups is 4. The molecule has 0 saturated heterocycles. The smallest absolute Gasteiger partial charge is 0.336 e. The van der Waals surface area contributed by atoms with E-state index in [9.17, 15) is 19.2 Å². The number of amides is 1. The summed E-state index contributed by atoms with van der Waals surface area (Å²) in [4.78, 5) is 50.2. The number of hydrogen-bond donors (Lipinski definition) is 5. The summed E-state index contributed by atoms with van der Waals surface area (Å²) < 4.78 is 5.61. The van der Waals surface area contributed by atoms with Gasteiger partial charge in [0.15, 0.2) is 5.60 Å². The van der Waals surface area contributed by atoms with Gasteiger partial charge in [-0.1, -0.05) is 24.3 Å². The Morgan fingerprint density at radius 3 is 2.37 bits per heavy atom. The zero-order valence-electron chi connectivity index (χ0n) is 22.1. The van der Waals surface area contributed by atoms with Gasteiger partial charge in [0.05, 0.1) is 30.0 Å². The second-order valence-corrected chi connectivity index (χ2v) is 10.2. The first-order chi connectivity index (χ1) is 19.6. The van der Waals surface area contributed by atoms with E-state index < -0.39 is 36.4 Å². The molecule has 1 amide bonds. The van der Waals surface area contributed by atoms with E-state index in [1.54, 1.807) is 0 Å². The number of rotatable bonds is 13. The summed E-state index contributed by atoms with van der Waals surface area (Å²) in [5.41, 5.74) is 0.820. The average molecular weight is 586 g/mol. The molecule has 218 valence electrons. The third-order valence-corrected chi connectivity index (χ3v) is 6.88. The molecule has 0 radical (unpaired) electrons. The number of thiophene rings is 1. The van der Waals surface area contributed by atoms with E-state index in [0.29, 0.717) is 6.54 Å². The van der Waals surface area contributed by atoms with Gasteiger partial charge in [-0.05, 0) is 40.8 Å². The van der Waals surface area contributed by atoms with E-state index in [0.717, 1.165) is 49.0 Å². The lowest BCUT2D eigenvalue weighted by Gasteiger charge is -2.22. The molecule has 5 N–H and O–H groups in total. The minimum absolute atomic E-state index is 0.0116. The summed E-state index contributed by atoms with van der Waals surface area (Å²) >= 11 is 1.46. The first-order valence-corrected chi connectivity index (χ1v) is 13.5. The van der Waals surface area contributed by atoms with E-state index in [1.807, 2.05) is 41.9 Å². The monoisotopic (exact) mass is 585 g/mol. The second-order valence-electron chi connectivity index (χ2n) is 9.28. The zero-order chi connectivity index (χ0) is 29.8. The van der Waals surface area contributed by atoms with Gasteiger partial charge in [0, 0.05) is 38.8 Å². The van der Waals surface area contributed by atoms with Gasteiger partial charge in [-0.3, -0.25) is 24.3 Å². The van der Waals surface area contributed by atoms with Gasteiger partial charge in [-0.15, -0.1) is 11.3 Å². The molecule has 13 heteroatoms. The molecule has 41 heavy (non-hydrogen) atoms. The Balaban J connectivity index is 0.000000302. The van der Waals surface area contributed by atoms with E-state index in [-0.39, 0.29) is 5.91 Å². The maximum absolute atomic E-state index is 12.2. The summed E-state index contributed by atoms with van der Waals surface area (Å²) in [6.45, 7) is 3.66. The topological polar surface area (TPSA) is 187 Å². The predicted molar refractivity (Wildman–Crippen MR) is 148 cm³/mol. The predicted octanol–water partition coefficient (Wildman–Crippen LogP) is 2.26. The minimum atomic E-state index is -2.74. The van der Waals surface area contributed by atoms with Crippen LogP contribution in [0.3, 0.4) is 0 Å². The van der Waals surface area contributed by atoms with Crippen LogP contribution < -0.4 is 10.1 Å². The van der Waals surface area contributed by atoms with Crippen LogP contribution >= 0.6 is 11.3 Å². The Labute approximate surface area is 239 Å². The van der Waals surface area contributed by atoms with E-state index in [4.69, 9.17) is 25.2 Å². The number of aliphatic hydroxyl groups is 1. The molecule has 0 bridgehead atoms. The standard InChI is InChI=1S/C22H23N3O2S.C6H8O7/c26-22(21-5-3-13-28-21)24-10-11-25(16-19-4-1-2-9-23-19)15-17-6-7-20-18(14-17)8-12-27-20;7-3(8)1-6(13,5(11)12)2-4(9)10/h1-7,9,13-14H,8,10-12,15-16H2,(H,24,26);13H,1-2H2,(H,7,8)(H,9,10)(H,11,12). The van der Waals surface area contributed by atoms with E-state index >= 15 is 0 Å². The van der Waals surface area contributed by atoms with Crippen LogP contribution in [0.2, 0.25) is 0 Å². The molecule has 0 aliphatic carbocycles. The number of nitrogens with one attached hydrogen (secondary N) is 1. The molecule has 3 aromatic rings. The van der Waals surface area contributed by atoms with Crippen LogP contribution in [0.25, 0.3) is 0 Å². The molecule has 0 saturated carbocycles. The molecule has 0 atom stereocenters. The summed E-state index contributed by atoms with van der Waals surface area (Å²) in [6, 6.07) is 16.1. The quantitative estimate of drug-likeness (QED) is 0.198. The van der Waals surface area contributed by atoms with Crippen LogP contribution in [-0.2, 0) is 33.9 Å². The number of nitrogens with zero attached hydrogens (tertiary/aromatic N) is 2. The van der Waals surface area contributed by atoms with Crippen LogP contribution in [-0.4, -0.2) is 79.4 Å². The fraction of sp³-hybridized carbons (Fsp3) is 0.321. The maximum Gasteiger partial charge on any atom is 0.336 e. The summed E-state index contributed by atoms with van der Waals surface area (Å²) in [7, 11) is 0. The van der Waals surface area contributed by atoms with Crippen molar-refractivity contribution in [3.05, 3.63) is 81.8 Å². The minimum Gasteiger partial charge on any atom is -0.493 e. The van der Waals surface area contributed by atoms with E-state index in [2.05, 4.69) is 33.4 Å². The number of benzene rings is 1. The van der Waals surface area contributed by atoms with Crippen molar-refractivity contribution in [2.75, 3.05) is 19.7 Å². The highest BCUT2D eigenvalue weighted by atomic mass is 32.1. The Morgan fingerprint density at radius 1 is 1.00 bits per heavy atom. The first-order valence-electron chi connectivity index (χ1n) is 12.6. The van der Waals surface area contributed by atoms with Gasteiger partial charge in [-0.25, -0.2) is 4.79 Å². The molecule has 2 aromatic heterocycles. The largest absolute Gasteiger partial charge is 0.493 e. The molecule has 0 unspecified atom stereocenters. The average Bonchev–Trinajstić information content (AvgIpc) is 3.61. The fourth-order valence-corrected chi connectivity index (χ4v) is 4.71. The summed E-state index contributed by atoms with van der Waals surface area (Å²) in [5, 5.41) is 38.7. The van der Waals surface area contributed by atoms with Crippen molar-refractivity contribution in [1.82, 2.24) is 15.2 Å². The molecular formula is C28H31N3O9S. The number of aromatic nitrogens is 1. The lowest BCUT2D eigenvalue weighted by Crippen LogP contribution is -2.42. The summed E-state index contributed by atoms with van der Waals surface area (Å²) in [5.74, 6) is -4.03. The molecule has 0 spiro atoms. The van der Waals surface area contributed by atoms with Crippen molar-refractivity contribution in [3.63, 3.8) is 0 Å². The van der Waals surface area contributed by atoms with Crippen LogP contribution in [0.1, 0.15) is 39.3 Å². The Kier molecular flexibility index (Phi) is 11.3. The SMILES string of the molecule is O=C(NCCN(Cc1ccc2c(c1)CCO2)Cc1ccccn1)c1cccs1.O=C(O)CC(O)(CC(=O)O)C(=O)O. The van der Waals surface area contributed by atoms with E-state index in [1.165, 1.54) is 22.5 Å². The molecule has 4 rings (SSSR count). The van der Waals surface area contributed by atoms with Crippen LogP contribution in [0.15, 0.2) is 60.1 Å². The number of carbonyl (C=O) groups excluding carboxylic acids is 1. The number of aliphatic carboxylic acids is 3. The van der Waals surface area contributed by atoms with Crippen molar-refractivity contribution in [1.29, 1.82) is 0 Å². The van der Waals surface area contributed by atoms with Crippen molar-refractivity contribution in [2.45, 2.75) is 38.0 Å². The van der Waals surface area contributed by atoms with Gasteiger partial charge in [-0.2, -0.15) is 0 Å². The van der Waals surface area contributed by atoms with Crippen LogP contribution in [0.4, 0.5) is 0 Å². The van der Waals surface area contributed by atoms with Gasteiger partial charge in [0.2, 0.25) is 0 Å². The normalized spacial score (nSPS) is 12.0. The number of ether oxygens (including phenoxy) is 1. The van der Waals surface area contributed by atoms with Crippen molar-refractivity contribution in [3.8, 4) is 5.75 Å². The Hall–Kier alpha value is -4.33. The van der Waals surface area contributed by atoms with Gasteiger partial charge in [0.1, 0.15) is 5.75 Å². The van der Waals surface area contributed by atoms with Crippen molar-refractivity contribution < 1.29 is 44.3 Å². The highest BCUT2D eigenvalue weighted by Gasteiger charge is 2.40. The van der Waals surface area contributed by atoms with Crippen LogP contribution in [0.5, 0.6) is 5.75 Å². The lowest BCUT2D eigenvalue weighted by atomic mass is 9.96.